The van der Waals surface area contributed by atoms with Crippen molar-refractivity contribution in [2.75, 3.05) is 25.0 Å². The van der Waals surface area contributed by atoms with Crippen molar-refractivity contribution in [1.29, 1.82) is 0 Å². The number of aromatic nitrogens is 1. The molecule has 0 saturated heterocycles. The second-order valence-corrected chi connectivity index (χ2v) is 10.6. The van der Waals surface area contributed by atoms with Gasteiger partial charge in [0.15, 0.2) is 10.8 Å². The summed E-state index contributed by atoms with van der Waals surface area (Å²) < 4.78 is 32.5. The van der Waals surface area contributed by atoms with Crippen LogP contribution >= 0.6 is 11.3 Å². The Morgan fingerprint density at radius 3 is 2.19 bits per heavy atom. The average Bonchev–Trinajstić information content (AvgIpc) is 3.15. The Morgan fingerprint density at radius 1 is 1.10 bits per heavy atom. The molecule has 8 nitrogen and oxygen atoms in total. The van der Waals surface area contributed by atoms with Crippen LogP contribution in [0.5, 0.6) is 0 Å². The van der Waals surface area contributed by atoms with Crippen LogP contribution in [0, 0.1) is 11.8 Å². The lowest BCUT2D eigenvalue weighted by molar-refractivity contribution is 0.0520. The molecule has 1 aromatic heterocycles. The van der Waals surface area contributed by atoms with Crippen molar-refractivity contribution >= 4 is 38.4 Å². The highest BCUT2D eigenvalue weighted by Crippen LogP contribution is 2.21. The van der Waals surface area contributed by atoms with E-state index in [4.69, 9.17) is 4.74 Å². The van der Waals surface area contributed by atoms with Gasteiger partial charge in [-0.1, -0.05) is 27.7 Å². The van der Waals surface area contributed by atoms with Gasteiger partial charge in [0.2, 0.25) is 10.0 Å². The average molecular weight is 468 g/mol. The van der Waals surface area contributed by atoms with Crippen molar-refractivity contribution < 1.29 is 22.7 Å². The lowest BCUT2D eigenvalue weighted by Gasteiger charge is -2.25. The molecule has 0 aliphatic carbocycles. The van der Waals surface area contributed by atoms with Crippen molar-refractivity contribution in [3.05, 3.63) is 40.9 Å². The quantitative estimate of drug-likeness (QED) is 0.532. The molecule has 31 heavy (non-hydrogen) atoms. The molecule has 10 heteroatoms. The first-order chi connectivity index (χ1) is 14.5. The minimum absolute atomic E-state index is 0.124. The molecule has 0 radical (unpaired) electrons. The van der Waals surface area contributed by atoms with E-state index >= 15 is 0 Å². The number of amides is 1. The molecular weight excluding hydrogens is 438 g/mol. The molecule has 1 aromatic carbocycles. The van der Waals surface area contributed by atoms with E-state index in [1.807, 2.05) is 27.7 Å². The normalized spacial score (nSPS) is 11.9. The second-order valence-electron chi connectivity index (χ2n) is 7.85. The smallest absolute Gasteiger partial charge is 0.357 e. The van der Waals surface area contributed by atoms with Crippen LogP contribution < -0.4 is 5.32 Å². The maximum Gasteiger partial charge on any atom is 0.357 e. The number of esters is 1. The lowest BCUT2D eigenvalue weighted by Crippen LogP contribution is -2.37. The summed E-state index contributed by atoms with van der Waals surface area (Å²) in [5, 5.41) is 4.37. The highest BCUT2D eigenvalue weighted by molar-refractivity contribution is 7.89. The number of sulfonamides is 1. The Hall–Kier alpha value is -2.30. The number of hydrogen-bond donors (Lipinski definition) is 1. The van der Waals surface area contributed by atoms with Crippen LogP contribution in [-0.2, 0) is 14.8 Å². The first-order valence-electron chi connectivity index (χ1n) is 10.1. The molecule has 1 N–H and O–H groups in total. The number of nitrogens with zero attached hydrogens (tertiary/aromatic N) is 2. The van der Waals surface area contributed by atoms with Gasteiger partial charge in [-0.2, -0.15) is 4.31 Å². The maximum atomic E-state index is 13.1. The van der Waals surface area contributed by atoms with Gasteiger partial charge in [0.05, 0.1) is 11.5 Å². The summed E-state index contributed by atoms with van der Waals surface area (Å²) in [5.74, 6) is -0.621. The molecule has 1 heterocycles. The number of hydrogen-bond acceptors (Lipinski definition) is 7. The summed E-state index contributed by atoms with van der Waals surface area (Å²) in [5.41, 5.74) is 0.407. The van der Waals surface area contributed by atoms with Gasteiger partial charge in [0.25, 0.3) is 5.91 Å². The summed E-state index contributed by atoms with van der Waals surface area (Å²) in [6, 6.07) is 5.80. The van der Waals surface area contributed by atoms with Crippen molar-refractivity contribution in [1.82, 2.24) is 9.29 Å². The molecule has 0 aliphatic heterocycles. The van der Waals surface area contributed by atoms with E-state index in [0.717, 1.165) is 11.3 Å². The van der Waals surface area contributed by atoms with Gasteiger partial charge in [-0.15, -0.1) is 11.3 Å². The van der Waals surface area contributed by atoms with E-state index in [9.17, 15) is 18.0 Å². The molecular formula is C21H29N3O5S2. The largest absolute Gasteiger partial charge is 0.461 e. The third-order valence-electron chi connectivity index (χ3n) is 4.10. The number of ether oxygens (including phenoxy) is 1. The fourth-order valence-electron chi connectivity index (χ4n) is 2.81. The molecule has 1 amide bonds. The summed E-state index contributed by atoms with van der Waals surface area (Å²) in [7, 11) is -3.66. The van der Waals surface area contributed by atoms with Gasteiger partial charge in [-0.25, -0.2) is 18.2 Å². The van der Waals surface area contributed by atoms with Gasteiger partial charge in [0, 0.05) is 24.0 Å². The van der Waals surface area contributed by atoms with Crippen LogP contribution in [0.4, 0.5) is 5.13 Å². The predicted molar refractivity (Wildman–Crippen MR) is 121 cm³/mol. The van der Waals surface area contributed by atoms with Crippen molar-refractivity contribution in [2.45, 2.75) is 39.5 Å². The molecule has 0 unspecified atom stereocenters. The number of anilines is 1. The molecule has 170 valence electrons. The van der Waals surface area contributed by atoms with E-state index in [2.05, 4.69) is 10.3 Å². The number of rotatable bonds is 10. The van der Waals surface area contributed by atoms with Crippen LogP contribution in [0.15, 0.2) is 34.5 Å². The number of carbonyl (C=O) groups is 2. The Labute approximate surface area is 187 Å². The standard InChI is InChI=1S/C21H29N3O5S2/c1-6-29-20(26)18-13-30-21(22-18)23-19(25)16-7-9-17(10-8-16)31(27,28)24(11-14(2)3)12-15(4)5/h7-10,13-15H,6,11-12H2,1-5H3,(H,22,23,25). The lowest BCUT2D eigenvalue weighted by atomic mass is 10.2. The van der Waals surface area contributed by atoms with Crippen molar-refractivity contribution in [2.24, 2.45) is 11.8 Å². The minimum atomic E-state index is -3.66. The number of thiazole rings is 1. The van der Waals surface area contributed by atoms with Gasteiger partial charge < -0.3 is 4.74 Å². The van der Waals surface area contributed by atoms with Crippen LogP contribution in [-0.4, -0.2) is 49.3 Å². The highest BCUT2D eigenvalue weighted by Gasteiger charge is 2.26. The monoisotopic (exact) mass is 467 g/mol. The summed E-state index contributed by atoms with van der Waals surface area (Å²) in [6.07, 6.45) is 0. The summed E-state index contributed by atoms with van der Waals surface area (Å²) >= 11 is 1.10. The van der Waals surface area contributed by atoms with E-state index in [1.54, 1.807) is 6.92 Å². The summed E-state index contributed by atoms with van der Waals surface area (Å²) in [6.45, 7) is 10.7. The zero-order valence-electron chi connectivity index (χ0n) is 18.4. The number of nitrogens with one attached hydrogen (secondary N) is 1. The Kier molecular flexibility index (Phi) is 8.72. The van der Waals surface area contributed by atoms with E-state index in [1.165, 1.54) is 34.0 Å². The maximum absolute atomic E-state index is 13.1. The third-order valence-corrected chi connectivity index (χ3v) is 6.70. The topological polar surface area (TPSA) is 106 Å². The Balaban J connectivity index is 2.14. The van der Waals surface area contributed by atoms with E-state index in [0.29, 0.717) is 13.1 Å². The van der Waals surface area contributed by atoms with Gasteiger partial charge in [-0.05, 0) is 43.0 Å². The van der Waals surface area contributed by atoms with Crippen molar-refractivity contribution in [3.8, 4) is 0 Å². The van der Waals surface area contributed by atoms with E-state index in [-0.39, 0.29) is 39.7 Å². The number of carbonyl (C=O) groups excluding carboxylic acids is 2. The molecule has 0 bridgehead atoms. The van der Waals surface area contributed by atoms with Gasteiger partial charge in [-0.3, -0.25) is 10.1 Å². The molecule has 0 aliphatic rings. The first-order valence-corrected chi connectivity index (χ1v) is 12.4. The van der Waals surface area contributed by atoms with E-state index < -0.39 is 21.9 Å². The van der Waals surface area contributed by atoms with Gasteiger partial charge >= 0.3 is 5.97 Å². The zero-order chi connectivity index (χ0) is 23.2. The summed E-state index contributed by atoms with van der Waals surface area (Å²) in [4.78, 5) is 28.3. The molecule has 0 atom stereocenters. The Morgan fingerprint density at radius 2 is 1.68 bits per heavy atom. The predicted octanol–water partition coefficient (Wildman–Crippen LogP) is 3.87. The molecule has 2 rings (SSSR count). The molecule has 0 saturated carbocycles. The molecule has 0 spiro atoms. The molecule has 2 aromatic rings. The highest BCUT2D eigenvalue weighted by atomic mass is 32.2. The Bertz CT molecular complexity index is 988. The SMILES string of the molecule is CCOC(=O)c1csc(NC(=O)c2ccc(S(=O)(=O)N(CC(C)C)CC(C)C)cc2)n1. The van der Waals surface area contributed by atoms with Crippen molar-refractivity contribution in [3.63, 3.8) is 0 Å². The van der Waals surface area contributed by atoms with Crippen LogP contribution in [0.1, 0.15) is 55.5 Å². The van der Waals surface area contributed by atoms with Crippen LogP contribution in [0.3, 0.4) is 0 Å². The fourth-order valence-corrected chi connectivity index (χ4v) is 5.25. The van der Waals surface area contributed by atoms with Gasteiger partial charge in [0.1, 0.15) is 0 Å². The fraction of sp³-hybridized carbons (Fsp3) is 0.476. The minimum Gasteiger partial charge on any atom is -0.461 e. The third kappa shape index (κ3) is 6.84. The molecule has 0 fully saturated rings. The number of benzene rings is 1. The van der Waals surface area contributed by atoms with Crippen LogP contribution in [0.25, 0.3) is 0 Å². The first kappa shape index (κ1) is 25.0. The zero-order valence-corrected chi connectivity index (χ0v) is 20.0. The van der Waals surface area contributed by atoms with Crippen LogP contribution in [0.2, 0.25) is 0 Å². The second kappa shape index (κ2) is 10.8.